The lowest BCUT2D eigenvalue weighted by atomic mass is 10.2. The topological polar surface area (TPSA) is 48.3 Å². The van der Waals surface area contributed by atoms with Crippen molar-refractivity contribution >= 4 is 24.8 Å². The van der Waals surface area contributed by atoms with Gasteiger partial charge in [-0.3, -0.25) is 0 Å². The minimum absolute atomic E-state index is 0. The van der Waals surface area contributed by atoms with Crippen LogP contribution in [0.1, 0.15) is 12.0 Å². The highest BCUT2D eigenvalue weighted by Gasteiger charge is 2.03. The van der Waals surface area contributed by atoms with Crippen molar-refractivity contribution in [1.29, 1.82) is 0 Å². The molecule has 1 aromatic heterocycles. The maximum Gasteiger partial charge on any atom is 0.161 e. The van der Waals surface area contributed by atoms with Crippen LogP contribution < -0.4 is 14.8 Å². The highest BCUT2D eigenvalue weighted by molar-refractivity contribution is 5.85. The Morgan fingerprint density at radius 1 is 1.14 bits per heavy atom. The highest BCUT2D eigenvalue weighted by atomic mass is 35.5. The molecule has 0 atom stereocenters. The zero-order chi connectivity index (χ0) is 14.2. The molecule has 0 aliphatic carbocycles. The number of ether oxygens (including phenoxy) is 2. The van der Waals surface area contributed by atoms with E-state index in [4.69, 9.17) is 9.47 Å². The van der Waals surface area contributed by atoms with Crippen LogP contribution in [-0.2, 0) is 13.1 Å². The summed E-state index contributed by atoms with van der Waals surface area (Å²) >= 11 is 0. The Bertz CT molecular complexity index is 522. The Balaban J connectivity index is 0.00000220. The third kappa shape index (κ3) is 6.13. The van der Waals surface area contributed by atoms with Gasteiger partial charge in [-0.15, -0.1) is 24.8 Å². The molecule has 0 saturated heterocycles. The van der Waals surface area contributed by atoms with E-state index in [-0.39, 0.29) is 24.8 Å². The van der Waals surface area contributed by atoms with E-state index < -0.39 is 0 Å². The van der Waals surface area contributed by atoms with Crippen LogP contribution in [0.4, 0.5) is 0 Å². The van der Waals surface area contributed by atoms with Gasteiger partial charge < -0.3 is 19.4 Å². The fraction of sp³-hybridized carbons (Fsp3) is 0.400. The van der Waals surface area contributed by atoms with Crippen molar-refractivity contribution in [2.75, 3.05) is 20.8 Å². The fourth-order valence-corrected chi connectivity index (χ4v) is 2.03. The molecule has 0 saturated carbocycles. The first-order chi connectivity index (χ1) is 9.83. The molecule has 1 aromatic carbocycles. The molecular weight excluding hydrogens is 325 g/mol. The lowest BCUT2D eigenvalue weighted by Crippen LogP contribution is -2.16. The number of aryl methyl sites for hydroxylation is 1. The molecule has 0 bridgehead atoms. The minimum atomic E-state index is 0. The molecule has 22 heavy (non-hydrogen) atoms. The van der Waals surface area contributed by atoms with Gasteiger partial charge in [0.25, 0.3) is 0 Å². The Kier molecular flexibility index (Phi) is 10.5. The van der Waals surface area contributed by atoms with E-state index in [0.29, 0.717) is 0 Å². The quantitative estimate of drug-likeness (QED) is 0.746. The second kappa shape index (κ2) is 11.2. The summed E-state index contributed by atoms with van der Waals surface area (Å²) in [5.41, 5.74) is 1.19. The Morgan fingerprint density at radius 2 is 1.91 bits per heavy atom. The number of hydrogen-bond donors (Lipinski definition) is 1. The number of imidazole rings is 1. The Hall–Kier alpha value is -1.43. The van der Waals surface area contributed by atoms with Crippen molar-refractivity contribution in [3.05, 3.63) is 42.5 Å². The second-order valence-electron chi connectivity index (χ2n) is 4.52. The molecule has 0 amide bonds. The zero-order valence-electron chi connectivity index (χ0n) is 12.8. The van der Waals surface area contributed by atoms with Crippen LogP contribution >= 0.6 is 24.8 Å². The number of halogens is 2. The normalized spacial score (nSPS) is 9.55. The van der Waals surface area contributed by atoms with Gasteiger partial charge in [0.15, 0.2) is 11.5 Å². The molecule has 0 unspecified atom stereocenters. The largest absolute Gasteiger partial charge is 0.493 e. The van der Waals surface area contributed by atoms with Gasteiger partial charge in [-0.1, -0.05) is 6.07 Å². The molecule has 1 heterocycles. The summed E-state index contributed by atoms with van der Waals surface area (Å²) < 4.78 is 12.6. The van der Waals surface area contributed by atoms with E-state index in [1.807, 2.05) is 30.7 Å². The minimum Gasteiger partial charge on any atom is -0.493 e. The van der Waals surface area contributed by atoms with Crippen LogP contribution in [0.5, 0.6) is 11.5 Å². The van der Waals surface area contributed by atoms with E-state index in [1.54, 1.807) is 20.4 Å². The Morgan fingerprint density at radius 3 is 2.55 bits per heavy atom. The first-order valence-corrected chi connectivity index (χ1v) is 6.71. The maximum absolute atomic E-state index is 5.29. The van der Waals surface area contributed by atoms with Crippen molar-refractivity contribution < 1.29 is 9.47 Å². The molecule has 0 aliphatic heterocycles. The van der Waals surface area contributed by atoms with E-state index in [2.05, 4.69) is 14.9 Å². The monoisotopic (exact) mass is 347 g/mol. The van der Waals surface area contributed by atoms with Crippen molar-refractivity contribution in [1.82, 2.24) is 14.9 Å². The molecule has 7 heteroatoms. The predicted octanol–water partition coefficient (Wildman–Crippen LogP) is 2.92. The highest BCUT2D eigenvalue weighted by Crippen LogP contribution is 2.27. The van der Waals surface area contributed by atoms with Crippen LogP contribution in [0.2, 0.25) is 0 Å². The summed E-state index contributed by atoms with van der Waals surface area (Å²) in [6.07, 6.45) is 6.70. The lowest BCUT2D eigenvalue weighted by molar-refractivity contribution is 0.354. The van der Waals surface area contributed by atoms with Crippen molar-refractivity contribution in [3.8, 4) is 11.5 Å². The van der Waals surface area contributed by atoms with Gasteiger partial charge in [0.05, 0.1) is 20.5 Å². The van der Waals surface area contributed by atoms with Crippen LogP contribution in [0.3, 0.4) is 0 Å². The summed E-state index contributed by atoms with van der Waals surface area (Å²) in [4.78, 5) is 4.02. The first kappa shape index (κ1) is 20.6. The molecule has 0 aliphatic rings. The summed E-state index contributed by atoms with van der Waals surface area (Å²) in [6, 6.07) is 5.98. The van der Waals surface area contributed by atoms with Crippen LogP contribution in [0.25, 0.3) is 0 Å². The third-order valence-corrected chi connectivity index (χ3v) is 3.11. The number of hydrogen-bond acceptors (Lipinski definition) is 4. The molecule has 0 radical (unpaired) electrons. The SMILES string of the molecule is COc1ccc(CNCCCn2ccnc2)cc1OC.Cl.Cl. The molecule has 0 spiro atoms. The summed E-state index contributed by atoms with van der Waals surface area (Å²) in [7, 11) is 3.30. The molecule has 0 fully saturated rings. The van der Waals surface area contributed by atoms with Gasteiger partial charge in [-0.2, -0.15) is 0 Å². The number of methoxy groups -OCH3 is 2. The van der Waals surface area contributed by atoms with Crippen LogP contribution in [0.15, 0.2) is 36.9 Å². The third-order valence-electron chi connectivity index (χ3n) is 3.11. The summed E-state index contributed by atoms with van der Waals surface area (Å²) in [5, 5.41) is 3.42. The average molecular weight is 348 g/mol. The smallest absolute Gasteiger partial charge is 0.161 e. The Labute approximate surface area is 143 Å². The molecular formula is C15H23Cl2N3O2. The predicted molar refractivity (Wildman–Crippen MR) is 92.6 cm³/mol. The maximum atomic E-state index is 5.29. The van der Waals surface area contributed by atoms with Crippen LogP contribution in [-0.4, -0.2) is 30.3 Å². The first-order valence-electron chi connectivity index (χ1n) is 6.71. The van der Waals surface area contributed by atoms with Crippen molar-refractivity contribution in [3.63, 3.8) is 0 Å². The van der Waals surface area contributed by atoms with Crippen molar-refractivity contribution in [2.24, 2.45) is 0 Å². The van der Waals surface area contributed by atoms with Gasteiger partial charge in [0.2, 0.25) is 0 Å². The molecule has 124 valence electrons. The van der Waals surface area contributed by atoms with Gasteiger partial charge in [-0.05, 0) is 30.7 Å². The van der Waals surface area contributed by atoms with E-state index >= 15 is 0 Å². The second-order valence-corrected chi connectivity index (χ2v) is 4.52. The standard InChI is InChI=1S/C15H21N3O2.2ClH/c1-19-14-5-4-13(10-15(14)20-2)11-16-6-3-8-18-9-7-17-12-18;;/h4-5,7,9-10,12,16H,3,6,8,11H2,1-2H3;2*1H. The van der Waals surface area contributed by atoms with Crippen LogP contribution in [0, 0.1) is 0 Å². The van der Waals surface area contributed by atoms with Gasteiger partial charge in [0.1, 0.15) is 0 Å². The average Bonchev–Trinajstić information content (AvgIpc) is 3.00. The van der Waals surface area contributed by atoms with E-state index in [0.717, 1.165) is 37.6 Å². The zero-order valence-corrected chi connectivity index (χ0v) is 14.5. The van der Waals surface area contributed by atoms with Gasteiger partial charge in [0, 0.05) is 25.5 Å². The van der Waals surface area contributed by atoms with E-state index in [1.165, 1.54) is 5.56 Å². The van der Waals surface area contributed by atoms with E-state index in [9.17, 15) is 0 Å². The number of nitrogens with zero attached hydrogens (tertiary/aromatic N) is 2. The molecule has 1 N–H and O–H groups in total. The van der Waals surface area contributed by atoms with Crippen molar-refractivity contribution in [2.45, 2.75) is 19.5 Å². The number of nitrogens with one attached hydrogen (secondary N) is 1. The van der Waals surface area contributed by atoms with Gasteiger partial charge in [-0.25, -0.2) is 4.98 Å². The molecule has 2 aromatic rings. The van der Waals surface area contributed by atoms with Gasteiger partial charge >= 0.3 is 0 Å². The molecule has 5 nitrogen and oxygen atoms in total. The lowest BCUT2D eigenvalue weighted by Gasteiger charge is -2.10. The fourth-order valence-electron chi connectivity index (χ4n) is 2.03. The number of rotatable bonds is 8. The summed E-state index contributed by atoms with van der Waals surface area (Å²) in [5.74, 6) is 1.53. The number of benzene rings is 1. The summed E-state index contributed by atoms with van der Waals surface area (Å²) in [6.45, 7) is 2.77. The number of aromatic nitrogens is 2. The molecule has 2 rings (SSSR count).